The summed E-state index contributed by atoms with van der Waals surface area (Å²) in [6, 6.07) is 2.11. The fourth-order valence-electron chi connectivity index (χ4n) is 4.58. The lowest BCUT2D eigenvalue weighted by Crippen LogP contribution is -2.41. The largest absolute Gasteiger partial charge is 0.424 e. The highest BCUT2D eigenvalue weighted by Crippen LogP contribution is 2.38. The van der Waals surface area contributed by atoms with Crippen molar-refractivity contribution in [3.05, 3.63) is 11.6 Å². The first kappa shape index (κ1) is 20.7. The van der Waals surface area contributed by atoms with Crippen molar-refractivity contribution in [1.29, 1.82) is 5.26 Å². The van der Waals surface area contributed by atoms with E-state index in [9.17, 15) is 10.1 Å². The fraction of sp³-hybridized carbons (Fsp3) is 0.773. The Kier molecular flexibility index (Phi) is 7.36. The Labute approximate surface area is 168 Å². The van der Waals surface area contributed by atoms with Crippen LogP contribution in [0.5, 0.6) is 0 Å². The number of anilines is 1. The van der Waals surface area contributed by atoms with Gasteiger partial charge in [0.2, 0.25) is 23.4 Å². The molecular weight excluding hydrogens is 352 g/mol. The van der Waals surface area contributed by atoms with Gasteiger partial charge in [0.15, 0.2) is 0 Å². The van der Waals surface area contributed by atoms with Crippen molar-refractivity contribution in [2.45, 2.75) is 77.6 Å². The summed E-state index contributed by atoms with van der Waals surface area (Å²) < 4.78 is 5.90. The monoisotopic (exact) mass is 386 g/mol. The quantitative estimate of drug-likeness (QED) is 0.736. The Morgan fingerprint density at radius 2 is 2.11 bits per heavy atom. The van der Waals surface area contributed by atoms with Crippen LogP contribution in [0.1, 0.15) is 89.1 Å². The SMILES string of the molecule is CCCCC1CCC(c2nc(C#N)c(NCC(=O)N3CCCC(C)C3)o2)CC1. The zero-order chi connectivity index (χ0) is 19.9. The number of piperidine rings is 1. The number of nitrogens with one attached hydrogen (secondary N) is 1. The number of likely N-dealkylation sites (tertiary alicyclic amines) is 1. The molecule has 2 fully saturated rings. The summed E-state index contributed by atoms with van der Waals surface area (Å²) in [5.41, 5.74) is 0.267. The molecule has 0 radical (unpaired) electrons. The van der Waals surface area contributed by atoms with E-state index in [2.05, 4.69) is 30.2 Å². The number of oxazole rings is 1. The molecule has 1 N–H and O–H groups in total. The van der Waals surface area contributed by atoms with Crippen LogP contribution in [-0.2, 0) is 4.79 Å². The van der Waals surface area contributed by atoms with Crippen molar-refractivity contribution in [3.63, 3.8) is 0 Å². The molecule has 1 aliphatic carbocycles. The van der Waals surface area contributed by atoms with Gasteiger partial charge in [0.05, 0.1) is 6.54 Å². The number of hydrogen-bond donors (Lipinski definition) is 1. The van der Waals surface area contributed by atoms with Gasteiger partial charge >= 0.3 is 0 Å². The zero-order valence-electron chi connectivity index (χ0n) is 17.4. The van der Waals surface area contributed by atoms with Crippen LogP contribution in [0.15, 0.2) is 4.42 Å². The maximum atomic E-state index is 12.5. The third-order valence-electron chi connectivity index (χ3n) is 6.32. The van der Waals surface area contributed by atoms with Crippen molar-refractivity contribution in [2.24, 2.45) is 11.8 Å². The number of rotatable bonds is 7. The second kappa shape index (κ2) is 9.95. The molecule has 154 valence electrons. The van der Waals surface area contributed by atoms with Crippen molar-refractivity contribution in [3.8, 4) is 6.07 Å². The summed E-state index contributed by atoms with van der Waals surface area (Å²) in [7, 11) is 0. The molecule has 0 spiro atoms. The zero-order valence-corrected chi connectivity index (χ0v) is 17.4. The molecule has 3 rings (SSSR count). The topological polar surface area (TPSA) is 82.2 Å². The van der Waals surface area contributed by atoms with Crippen LogP contribution >= 0.6 is 0 Å². The minimum absolute atomic E-state index is 0.0600. The molecule has 2 heterocycles. The van der Waals surface area contributed by atoms with Gasteiger partial charge in [-0.25, -0.2) is 4.98 Å². The molecule has 1 unspecified atom stereocenters. The lowest BCUT2D eigenvalue weighted by Gasteiger charge is -2.31. The Morgan fingerprint density at radius 1 is 1.32 bits per heavy atom. The summed E-state index contributed by atoms with van der Waals surface area (Å²) in [6.07, 6.45) is 10.7. The molecule has 1 saturated heterocycles. The molecule has 1 aromatic rings. The molecule has 2 aliphatic rings. The average Bonchev–Trinajstić information content (AvgIpc) is 3.14. The summed E-state index contributed by atoms with van der Waals surface area (Å²) in [5.74, 6) is 2.74. The Morgan fingerprint density at radius 3 is 2.79 bits per heavy atom. The maximum absolute atomic E-state index is 12.5. The van der Waals surface area contributed by atoms with E-state index in [-0.39, 0.29) is 18.1 Å². The molecule has 0 aromatic carbocycles. The Hall–Kier alpha value is -2.03. The van der Waals surface area contributed by atoms with Gasteiger partial charge in [-0.05, 0) is 50.4 Å². The van der Waals surface area contributed by atoms with E-state index in [1.54, 1.807) is 0 Å². The molecule has 1 aromatic heterocycles. The van der Waals surface area contributed by atoms with E-state index in [0.717, 1.165) is 38.3 Å². The number of carbonyl (C=O) groups excluding carboxylic acids is 1. The summed E-state index contributed by atoms with van der Waals surface area (Å²) in [4.78, 5) is 18.8. The first-order valence-corrected chi connectivity index (χ1v) is 11.0. The third kappa shape index (κ3) is 5.27. The van der Waals surface area contributed by atoms with Crippen molar-refractivity contribution >= 4 is 11.8 Å². The third-order valence-corrected chi connectivity index (χ3v) is 6.32. The highest BCUT2D eigenvalue weighted by molar-refractivity contribution is 5.80. The molecule has 1 aliphatic heterocycles. The second-order valence-corrected chi connectivity index (χ2v) is 8.64. The first-order valence-electron chi connectivity index (χ1n) is 11.0. The van der Waals surface area contributed by atoms with Crippen molar-refractivity contribution in [1.82, 2.24) is 9.88 Å². The van der Waals surface area contributed by atoms with Crippen LogP contribution in [0.2, 0.25) is 0 Å². The summed E-state index contributed by atoms with van der Waals surface area (Å²) >= 11 is 0. The smallest absolute Gasteiger partial charge is 0.241 e. The maximum Gasteiger partial charge on any atom is 0.241 e. The van der Waals surface area contributed by atoms with Gasteiger partial charge in [-0.1, -0.05) is 33.1 Å². The molecular formula is C22H34N4O2. The predicted molar refractivity (Wildman–Crippen MR) is 109 cm³/mol. The van der Waals surface area contributed by atoms with Gasteiger partial charge in [0, 0.05) is 19.0 Å². The van der Waals surface area contributed by atoms with E-state index >= 15 is 0 Å². The Balaban J connectivity index is 1.54. The molecule has 6 nitrogen and oxygen atoms in total. The average molecular weight is 387 g/mol. The van der Waals surface area contributed by atoms with Crippen LogP contribution in [0, 0.1) is 23.2 Å². The van der Waals surface area contributed by atoms with Crippen molar-refractivity contribution in [2.75, 3.05) is 25.0 Å². The summed E-state index contributed by atoms with van der Waals surface area (Å²) in [6.45, 7) is 6.21. The predicted octanol–water partition coefficient (Wildman–Crippen LogP) is 4.68. The Bertz CT molecular complexity index is 685. The molecule has 0 bridgehead atoms. The number of amides is 1. The number of unbranched alkanes of at least 4 members (excludes halogenated alkanes) is 1. The molecule has 28 heavy (non-hydrogen) atoms. The van der Waals surface area contributed by atoms with E-state index < -0.39 is 0 Å². The lowest BCUT2D eigenvalue weighted by molar-refractivity contribution is -0.130. The fourth-order valence-corrected chi connectivity index (χ4v) is 4.58. The summed E-state index contributed by atoms with van der Waals surface area (Å²) in [5, 5.41) is 12.4. The minimum atomic E-state index is 0.0600. The molecule has 1 saturated carbocycles. The normalized spacial score (nSPS) is 25.3. The van der Waals surface area contributed by atoms with Crippen LogP contribution in [0.25, 0.3) is 0 Å². The van der Waals surface area contributed by atoms with Crippen molar-refractivity contribution < 1.29 is 9.21 Å². The van der Waals surface area contributed by atoms with E-state index in [4.69, 9.17) is 4.42 Å². The molecule has 1 atom stereocenters. The van der Waals surface area contributed by atoms with Gasteiger partial charge in [0.1, 0.15) is 6.07 Å². The van der Waals surface area contributed by atoms with Gasteiger partial charge in [-0.3, -0.25) is 4.79 Å². The van der Waals surface area contributed by atoms with E-state index in [0.29, 0.717) is 23.6 Å². The number of hydrogen-bond acceptors (Lipinski definition) is 5. The van der Waals surface area contributed by atoms with Gasteiger partial charge in [0.25, 0.3) is 0 Å². The second-order valence-electron chi connectivity index (χ2n) is 8.64. The van der Waals surface area contributed by atoms with Gasteiger partial charge in [-0.2, -0.15) is 5.26 Å². The number of nitrogens with zero attached hydrogens (tertiary/aromatic N) is 3. The standard InChI is InChI=1S/C22H34N4O2/c1-3-4-7-17-8-10-18(11-9-17)21-25-19(13-23)22(28-21)24-14-20(27)26-12-5-6-16(2)15-26/h16-18,24H,3-12,14-15H2,1-2H3. The van der Waals surface area contributed by atoms with E-state index in [1.807, 2.05) is 4.90 Å². The van der Waals surface area contributed by atoms with Crippen LogP contribution in [-0.4, -0.2) is 35.4 Å². The van der Waals surface area contributed by atoms with Gasteiger partial charge < -0.3 is 14.6 Å². The minimum Gasteiger partial charge on any atom is -0.424 e. The van der Waals surface area contributed by atoms with Crippen LogP contribution < -0.4 is 5.32 Å². The number of nitriles is 1. The van der Waals surface area contributed by atoms with Crippen LogP contribution in [0.3, 0.4) is 0 Å². The molecule has 1 amide bonds. The molecule has 6 heteroatoms. The van der Waals surface area contributed by atoms with Crippen LogP contribution in [0.4, 0.5) is 5.88 Å². The highest BCUT2D eigenvalue weighted by Gasteiger charge is 2.27. The first-order chi connectivity index (χ1) is 13.6. The highest BCUT2D eigenvalue weighted by atomic mass is 16.4. The number of carbonyl (C=O) groups is 1. The number of aromatic nitrogens is 1. The van der Waals surface area contributed by atoms with Gasteiger partial charge in [-0.15, -0.1) is 0 Å². The van der Waals surface area contributed by atoms with E-state index in [1.165, 1.54) is 38.5 Å². The lowest BCUT2D eigenvalue weighted by atomic mass is 9.80.